The van der Waals surface area contributed by atoms with Gasteiger partial charge in [0.25, 0.3) is 0 Å². The third kappa shape index (κ3) is 3.96. The molecule has 0 aliphatic carbocycles. The summed E-state index contributed by atoms with van der Waals surface area (Å²) in [6.07, 6.45) is 3.23. The predicted octanol–water partition coefficient (Wildman–Crippen LogP) is 1.75. The van der Waals surface area contributed by atoms with Crippen molar-refractivity contribution in [3.05, 3.63) is 48.8 Å². The maximum Gasteiger partial charge on any atom is 0.243 e. The highest BCUT2D eigenvalue weighted by molar-refractivity contribution is 7.89. The Hall–Kier alpha value is -3.31. The number of anilines is 2. The molecule has 2 amide bonds. The molecule has 0 saturated carbocycles. The van der Waals surface area contributed by atoms with Crippen molar-refractivity contribution in [2.45, 2.75) is 25.2 Å². The molecule has 3 heterocycles. The van der Waals surface area contributed by atoms with Crippen LogP contribution in [-0.2, 0) is 19.6 Å². The summed E-state index contributed by atoms with van der Waals surface area (Å²) in [5.41, 5.74) is 1.16. The van der Waals surface area contributed by atoms with Crippen molar-refractivity contribution in [3.8, 4) is 0 Å². The van der Waals surface area contributed by atoms with Gasteiger partial charge in [0.15, 0.2) is 5.65 Å². The monoisotopic (exact) mass is 456 g/mol. The number of nitrogens with one attached hydrogen (secondary N) is 1. The standard InChI is InChI=1S/C21H24N6O4S/c1-3-25(4-2)32(30,31)17-7-5-16(6-8-17)26-14-15(13-20(26)28)21(29)24-19-9-11-22-18-10-12-23-27(18)19/h5-12,15H,3-4,13-14H2,1-2H3,(H,24,29). The van der Waals surface area contributed by atoms with Crippen LogP contribution in [0.2, 0.25) is 0 Å². The van der Waals surface area contributed by atoms with Crippen molar-refractivity contribution < 1.29 is 18.0 Å². The molecule has 1 unspecified atom stereocenters. The first kappa shape index (κ1) is 21.9. The minimum Gasteiger partial charge on any atom is -0.312 e. The molecule has 11 heteroatoms. The second-order valence-electron chi connectivity index (χ2n) is 7.41. The first-order valence-corrected chi connectivity index (χ1v) is 11.8. The van der Waals surface area contributed by atoms with E-state index in [2.05, 4.69) is 15.4 Å². The summed E-state index contributed by atoms with van der Waals surface area (Å²) in [6.45, 7) is 4.54. The second kappa shape index (κ2) is 8.67. The number of sulfonamides is 1. The van der Waals surface area contributed by atoms with Crippen LogP contribution in [0.3, 0.4) is 0 Å². The summed E-state index contributed by atoms with van der Waals surface area (Å²) in [6, 6.07) is 9.56. The third-order valence-corrected chi connectivity index (χ3v) is 7.59. The Balaban J connectivity index is 1.48. The van der Waals surface area contributed by atoms with Crippen LogP contribution >= 0.6 is 0 Å². The Bertz CT molecular complexity index is 1250. The van der Waals surface area contributed by atoms with E-state index in [1.54, 1.807) is 50.5 Å². The quantitative estimate of drug-likeness (QED) is 0.579. The molecule has 1 N–H and O–H groups in total. The molecule has 4 rings (SSSR count). The molecule has 1 aliphatic heterocycles. The molecule has 32 heavy (non-hydrogen) atoms. The second-order valence-corrected chi connectivity index (χ2v) is 9.35. The van der Waals surface area contributed by atoms with E-state index >= 15 is 0 Å². The van der Waals surface area contributed by atoms with Gasteiger partial charge >= 0.3 is 0 Å². The van der Waals surface area contributed by atoms with Crippen LogP contribution in [-0.4, -0.2) is 58.8 Å². The Labute approximate surface area is 185 Å². The first-order valence-electron chi connectivity index (χ1n) is 10.3. The molecule has 0 spiro atoms. The number of carbonyl (C=O) groups excluding carboxylic acids is 2. The highest BCUT2D eigenvalue weighted by Crippen LogP contribution is 2.28. The van der Waals surface area contributed by atoms with Crippen molar-refractivity contribution in [1.82, 2.24) is 18.9 Å². The maximum atomic E-state index is 12.8. The Morgan fingerprint density at radius 1 is 1.12 bits per heavy atom. The van der Waals surface area contributed by atoms with Crippen molar-refractivity contribution in [1.29, 1.82) is 0 Å². The smallest absolute Gasteiger partial charge is 0.243 e. The van der Waals surface area contributed by atoms with Crippen LogP contribution in [0, 0.1) is 5.92 Å². The molecular weight excluding hydrogens is 432 g/mol. The third-order valence-electron chi connectivity index (χ3n) is 5.53. The SMILES string of the molecule is CCN(CC)S(=O)(=O)c1ccc(N2CC(C(=O)Nc3ccnc4ccnn34)CC2=O)cc1. The largest absolute Gasteiger partial charge is 0.312 e. The minimum absolute atomic E-state index is 0.0681. The minimum atomic E-state index is -3.57. The molecule has 0 bridgehead atoms. The van der Waals surface area contributed by atoms with E-state index in [0.717, 1.165) is 0 Å². The van der Waals surface area contributed by atoms with Crippen molar-refractivity contribution in [2.75, 3.05) is 29.9 Å². The van der Waals surface area contributed by atoms with Gasteiger partial charge in [-0.25, -0.2) is 13.4 Å². The Kier molecular flexibility index (Phi) is 5.94. The molecule has 1 aliphatic rings. The molecule has 3 aromatic rings. The van der Waals surface area contributed by atoms with E-state index < -0.39 is 15.9 Å². The van der Waals surface area contributed by atoms with Gasteiger partial charge in [-0.15, -0.1) is 0 Å². The fourth-order valence-electron chi connectivity index (χ4n) is 3.80. The van der Waals surface area contributed by atoms with Crippen molar-refractivity contribution in [2.24, 2.45) is 5.92 Å². The maximum absolute atomic E-state index is 12.8. The van der Waals surface area contributed by atoms with E-state index in [1.807, 2.05) is 0 Å². The lowest BCUT2D eigenvalue weighted by molar-refractivity contribution is -0.122. The van der Waals surface area contributed by atoms with E-state index in [1.165, 1.54) is 25.9 Å². The summed E-state index contributed by atoms with van der Waals surface area (Å²) in [4.78, 5) is 31.2. The van der Waals surface area contributed by atoms with Gasteiger partial charge in [0, 0.05) is 44.0 Å². The normalized spacial score (nSPS) is 16.8. The number of amides is 2. The highest BCUT2D eigenvalue weighted by Gasteiger charge is 2.35. The molecule has 0 radical (unpaired) electrons. The number of aromatic nitrogens is 3. The van der Waals surface area contributed by atoms with E-state index in [-0.39, 0.29) is 29.7 Å². The molecule has 1 saturated heterocycles. The van der Waals surface area contributed by atoms with Gasteiger partial charge in [0.05, 0.1) is 17.0 Å². The van der Waals surface area contributed by atoms with Crippen molar-refractivity contribution >= 4 is 39.0 Å². The highest BCUT2D eigenvalue weighted by atomic mass is 32.2. The summed E-state index contributed by atoms with van der Waals surface area (Å²) in [5.74, 6) is -0.546. The molecular formula is C21H24N6O4S. The van der Waals surface area contributed by atoms with E-state index in [4.69, 9.17) is 0 Å². The van der Waals surface area contributed by atoms with Gasteiger partial charge in [0.2, 0.25) is 21.8 Å². The van der Waals surface area contributed by atoms with Crippen LogP contribution in [0.5, 0.6) is 0 Å². The number of benzene rings is 1. The number of carbonyl (C=O) groups is 2. The first-order chi connectivity index (χ1) is 15.3. The molecule has 10 nitrogen and oxygen atoms in total. The van der Waals surface area contributed by atoms with Gasteiger partial charge in [-0.05, 0) is 30.3 Å². The lowest BCUT2D eigenvalue weighted by Gasteiger charge is -2.20. The Morgan fingerprint density at radius 3 is 2.53 bits per heavy atom. The van der Waals surface area contributed by atoms with Gasteiger partial charge in [-0.1, -0.05) is 13.8 Å². The average molecular weight is 457 g/mol. The predicted molar refractivity (Wildman–Crippen MR) is 119 cm³/mol. The molecule has 168 valence electrons. The zero-order valence-corrected chi connectivity index (χ0v) is 18.6. The number of fused-ring (bicyclic) bond motifs is 1. The van der Waals surface area contributed by atoms with Crippen molar-refractivity contribution in [3.63, 3.8) is 0 Å². The zero-order valence-electron chi connectivity index (χ0n) is 17.8. The number of hydrogen-bond donors (Lipinski definition) is 1. The van der Waals surface area contributed by atoms with E-state index in [9.17, 15) is 18.0 Å². The number of rotatable bonds is 7. The fraction of sp³-hybridized carbons (Fsp3) is 0.333. The summed E-state index contributed by atoms with van der Waals surface area (Å²) < 4.78 is 28.2. The lowest BCUT2D eigenvalue weighted by atomic mass is 10.1. The van der Waals surface area contributed by atoms with Crippen LogP contribution in [0.15, 0.2) is 53.7 Å². The topological polar surface area (TPSA) is 117 Å². The summed E-state index contributed by atoms with van der Waals surface area (Å²) in [7, 11) is -3.57. The van der Waals surface area contributed by atoms with Crippen LogP contribution in [0.25, 0.3) is 5.65 Å². The summed E-state index contributed by atoms with van der Waals surface area (Å²) >= 11 is 0. The van der Waals surface area contributed by atoms with E-state index in [0.29, 0.717) is 30.2 Å². The van der Waals surface area contributed by atoms with Gasteiger partial charge < -0.3 is 10.2 Å². The van der Waals surface area contributed by atoms with Gasteiger partial charge in [0.1, 0.15) is 5.82 Å². The number of nitrogens with zero attached hydrogens (tertiary/aromatic N) is 5. The molecule has 2 aromatic heterocycles. The van der Waals surface area contributed by atoms with Crippen LogP contribution in [0.1, 0.15) is 20.3 Å². The van der Waals surface area contributed by atoms with Crippen LogP contribution < -0.4 is 10.2 Å². The van der Waals surface area contributed by atoms with Crippen LogP contribution in [0.4, 0.5) is 11.5 Å². The van der Waals surface area contributed by atoms with Gasteiger partial charge in [-0.2, -0.15) is 13.9 Å². The lowest BCUT2D eigenvalue weighted by Crippen LogP contribution is -2.31. The number of hydrogen-bond acceptors (Lipinski definition) is 6. The summed E-state index contributed by atoms with van der Waals surface area (Å²) in [5, 5.41) is 6.96. The average Bonchev–Trinajstić information content (AvgIpc) is 3.42. The molecule has 1 fully saturated rings. The molecule has 1 aromatic carbocycles. The van der Waals surface area contributed by atoms with Gasteiger partial charge in [-0.3, -0.25) is 9.59 Å². The zero-order chi connectivity index (χ0) is 22.9. The fourth-order valence-corrected chi connectivity index (χ4v) is 5.26. The molecule has 1 atom stereocenters. The Morgan fingerprint density at radius 2 is 1.84 bits per heavy atom.